The molecule has 1 heterocycles. The Bertz CT molecular complexity index is 405. The van der Waals surface area contributed by atoms with Crippen molar-refractivity contribution in [2.24, 2.45) is 0 Å². The second-order valence-corrected chi connectivity index (χ2v) is 5.39. The molecule has 1 saturated heterocycles. The zero-order valence-electron chi connectivity index (χ0n) is 11.8. The maximum Gasteiger partial charge on any atom is 0.221 e. The van der Waals surface area contributed by atoms with Gasteiger partial charge in [-0.3, -0.25) is 4.79 Å². The monoisotopic (exact) mass is 261 g/mol. The standard InChI is InChI=1S/C15H23N3O/c1-17(2)10-9-15(19)16-13-8-11-18(12-13)14-6-4-3-5-7-14/h3-7,13H,8-12H2,1-2H3,(H,16,19). The summed E-state index contributed by atoms with van der Waals surface area (Å²) < 4.78 is 0. The van der Waals surface area contributed by atoms with E-state index in [0.717, 1.165) is 26.1 Å². The summed E-state index contributed by atoms with van der Waals surface area (Å²) in [6.07, 6.45) is 1.61. The van der Waals surface area contributed by atoms with Gasteiger partial charge < -0.3 is 15.1 Å². The van der Waals surface area contributed by atoms with E-state index < -0.39 is 0 Å². The van der Waals surface area contributed by atoms with Crippen LogP contribution in [0.25, 0.3) is 0 Å². The zero-order chi connectivity index (χ0) is 13.7. The number of para-hydroxylation sites is 1. The van der Waals surface area contributed by atoms with Gasteiger partial charge in [-0.25, -0.2) is 0 Å². The summed E-state index contributed by atoms with van der Waals surface area (Å²) in [7, 11) is 3.97. The van der Waals surface area contributed by atoms with Crippen molar-refractivity contribution in [3.8, 4) is 0 Å². The molecule has 1 aromatic rings. The van der Waals surface area contributed by atoms with Gasteiger partial charge >= 0.3 is 0 Å². The number of hydrogen-bond acceptors (Lipinski definition) is 3. The van der Waals surface area contributed by atoms with Crippen molar-refractivity contribution in [2.75, 3.05) is 38.6 Å². The van der Waals surface area contributed by atoms with Gasteiger partial charge in [0.05, 0.1) is 0 Å². The third-order valence-corrected chi connectivity index (χ3v) is 3.46. The highest BCUT2D eigenvalue weighted by atomic mass is 16.1. The van der Waals surface area contributed by atoms with Crippen molar-refractivity contribution in [1.82, 2.24) is 10.2 Å². The molecule has 1 N–H and O–H groups in total. The first kappa shape index (κ1) is 13.9. The summed E-state index contributed by atoms with van der Waals surface area (Å²) >= 11 is 0. The predicted molar refractivity (Wildman–Crippen MR) is 78.4 cm³/mol. The Labute approximate surface area is 115 Å². The third kappa shape index (κ3) is 4.24. The number of anilines is 1. The van der Waals surface area contributed by atoms with Crippen LogP contribution in [0.1, 0.15) is 12.8 Å². The highest BCUT2D eigenvalue weighted by Crippen LogP contribution is 2.19. The van der Waals surface area contributed by atoms with Gasteiger partial charge in [0.25, 0.3) is 0 Å². The van der Waals surface area contributed by atoms with Gasteiger partial charge in [0.1, 0.15) is 0 Å². The van der Waals surface area contributed by atoms with Crippen molar-refractivity contribution in [2.45, 2.75) is 18.9 Å². The Kier molecular flexibility index (Phi) is 4.80. The quantitative estimate of drug-likeness (QED) is 0.868. The molecule has 4 nitrogen and oxygen atoms in total. The first-order valence-corrected chi connectivity index (χ1v) is 6.89. The van der Waals surface area contributed by atoms with E-state index in [9.17, 15) is 4.79 Å². The Morgan fingerprint density at radius 2 is 2.11 bits per heavy atom. The van der Waals surface area contributed by atoms with Gasteiger partial charge in [-0.2, -0.15) is 0 Å². The maximum absolute atomic E-state index is 11.8. The van der Waals surface area contributed by atoms with Crippen LogP contribution in [0.3, 0.4) is 0 Å². The van der Waals surface area contributed by atoms with Crippen LogP contribution in [0.4, 0.5) is 5.69 Å². The van der Waals surface area contributed by atoms with Crippen molar-refractivity contribution in [1.29, 1.82) is 0 Å². The summed E-state index contributed by atoms with van der Waals surface area (Å²) in [6.45, 7) is 2.74. The molecular formula is C15H23N3O. The van der Waals surface area contributed by atoms with Crippen LogP contribution in [-0.2, 0) is 4.79 Å². The SMILES string of the molecule is CN(C)CCC(=O)NC1CCN(c2ccccc2)C1. The molecule has 4 heteroatoms. The summed E-state index contributed by atoms with van der Waals surface area (Å²) in [6, 6.07) is 10.7. The molecule has 1 amide bonds. The summed E-state index contributed by atoms with van der Waals surface area (Å²) in [5.74, 6) is 0.161. The minimum Gasteiger partial charge on any atom is -0.369 e. The smallest absolute Gasteiger partial charge is 0.221 e. The molecule has 104 valence electrons. The van der Waals surface area contributed by atoms with Gasteiger partial charge in [-0.05, 0) is 32.6 Å². The fourth-order valence-corrected chi connectivity index (χ4v) is 2.38. The zero-order valence-corrected chi connectivity index (χ0v) is 11.8. The number of carbonyl (C=O) groups is 1. The molecule has 1 fully saturated rings. The molecule has 0 bridgehead atoms. The third-order valence-electron chi connectivity index (χ3n) is 3.46. The number of benzene rings is 1. The van der Waals surface area contributed by atoms with Crippen molar-refractivity contribution >= 4 is 11.6 Å². The lowest BCUT2D eigenvalue weighted by Crippen LogP contribution is -2.38. The number of carbonyl (C=O) groups excluding carboxylic acids is 1. The summed E-state index contributed by atoms with van der Waals surface area (Å²) in [5, 5.41) is 3.13. The largest absolute Gasteiger partial charge is 0.369 e. The van der Waals surface area contributed by atoms with E-state index in [0.29, 0.717) is 6.42 Å². The van der Waals surface area contributed by atoms with Crippen molar-refractivity contribution in [3.63, 3.8) is 0 Å². The van der Waals surface area contributed by atoms with E-state index in [4.69, 9.17) is 0 Å². The topological polar surface area (TPSA) is 35.6 Å². The lowest BCUT2D eigenvalue weighted by molar-refractivity contribution is -0.121. The van der Waals surface area contributed by atoms with Crippen LogP contribution >= 0.6 is 0 Å². The first-order valence-electron chi connectivity index (χ1n) is 6.89. The number of nitrogens with one attached hydrogen (secondary N) is 1. The van der Waals surface area contributed by atoms with Gasteiger partial charge in [0.2, 0.25) is 5.91 Å². The minimum atomic E-state index is 0.161. The average Bonchev–Trinajstić information content (AvgIpc) is 2.86. The number of nitrogens with zero attached hydrogens (tertiary/aromatic N) is 2. The highest BCUT2D eigenvalue weighted by molar-refractivity contribution is 5.76. The molecule has 0 radical (unpaired) electrons. The van der Waals surface area contributed by atoms with Gasteiger partial charge in [0, 0.05) is 37.8 Å². The predicted octanol–water partition coefficient (Wildman–Crippen LogP) is 1.33. The van der Waals surface area contributed by atoms with E-state index in [-0.39, 0.29) is 11.9 Å². The molecule has 2 rings (SSSR count). The van der Waals surface area contributed by atoms with Gasteiger partial charge in [-0.15, -0.1) is 0 Å². The van der Waals surface area contributed by atoms with Crippen LogP contribution in [0, 0.1) is 0 Å². The second-order valence-electron chi connectivity index (χ2n) is 5.39. The van der Waals surface area contributed by atoms with E-state index in [1.54, 1.807) is 0 Å². The molecule has 1 aliphatic heterocycles. The van der Waals surface area contributed by atoms with Crippen LogP contribution < -0.4 is 10.2 Å². The van der Waals surface area contributed by atoms with E-state index >= 15 is 0 Å². The molecule has 0 aliphatic carbocycles. The first-order chi connectivity index (χ1) is 9.15. The van der Waals surface area contributed by atoms with Crippen molar-refractivity contribution < 1.29 is 4.79 Å². The van der Waals surface area contributed by atoms with E-state index in [1.807, 2.05) is 25.1 Å². The minimum absolute atomic E-state index is 0.161. The Morgan fingerprint density at radius 1 is 1.37 bits per heavy atom. The lowest BCUT2D eigenvalue weighted by atomic mass is 10.2. The fourth-order valence-electron chi connectivity index (χ4n) is 2.38. The fraction of sp³-hybridized carbons (Fsp3) is 0.533. The molecule has 1 aliphatic rings. The van der Waals surface area contributed by atoms with Crippen LogP contribution in [0.15, 0.2) is 30.3 Å². The number of rotatable bonds is 5. The Balaban J connectivity index is 1.78. The van der Waals surface area contributed by atoms with E-state index in [1.165, 1.54) is 5.69 Å². The molecule has 0 spiro atoms. The van der Waals surface area contributed by atoms with Crippen molar-refractivity contribution in [3.05, 3.63) is 30.3 Å². The average molecular weight is 261 g/mol. The Morgan fingerprint density at radius 3 is 2.79 bits per heavy atom. The van der Waals surface area contributed by atoms with Crippen LogP contribution in [0.2, 0.25) is 0 Å². The van der Waals surface area contributed by atoms with Crippen LogP contribution in [-0.4, -0.2) is 50.6 Å². The molecule has 1 atom stereocenters. The van der Waals surface area contributed by atoms with Gasteiger partial charge in [-0.1, -0.05) is 18.2 Å². The molecular weight excluding hydrogens is 238 g/mol. The Hall–Kier alpha value is -1.55. The molecule has 1 unspecified atom stereocenters. The second kappa shape index (κ2) is 6.57. The number of amides is 1. The maximum atomic E-state index is 11.8. The molecule has 1 aromatic carbocycles. The van der Waals surface area contributed by atoms with Gasteiger partial charge in [0.15, 0.2) is 0 Å². The summed E-state index contributed by atoms with van der Waals surface area (Å²) in [4.78, 5) is 16.2. The van der Waals surface area contributed by atoms with Crippen LogP contribution in [0.5, 0.6) is 0 Å². The highest BCUT2D eigenvalue weighted by Gasteiger charge is 2.23. The number of hydrogen-bond donors (Lipinski definition) is 1. The molecule has 19 heavy (non-hydrogen) atoms. The summed E-state index contributed by atoms with van der Waals surface area (Å²) in [5.41, 5.74) is 1.24. The molecule has 0 saturated carbocycles. The van der Waals surface area contributed by atoms with E-state index in [2.05, 4.69) is 34.5 Å². The normalized spacial score (nSPS) is 18.9. The lowest BCUT2D eigenvalue weighted by Gasteiger charge is -2.19. The molecule has 0 aromatic heterocycles.